The Morgan fingerprint density at radius 1 is 0.172 bits per heavy atom. The molecule has 7 aliphatic heterocycles. The van der Waals surface area contributed by atoms with Gasteiger partial charge in [0.25, 0.3) is 0 Å². The van der Waals surface area contributed by atoms with Crippen LogP contribution in [0.1, 0.15) is 100 Å². The molecule has 15 aromatic carbocycles. The Morgan fingerprint density at radius 3 is 0.463 bits per heavy atom. The fraction of sp³-hybridized carbons (Fsp3) is 0.222. The van der Waals surface area contributed by atoms with Crippen molar-refractivity contribution in [3.05, 3.63) is 391 Å². The zero-order valence-corrected chi connectivity index (χ0v) is 92.4. The summed E-state index contributed by atoms with van der Waals surface area (Å²) in [5.74, 6) is 0. The molecule has 0 spiro atoms. The highest BCUT2D eigenvalue weighted by molar-refractivity contribution is 8.00. The van der Waals surface area contributed by atoms with Gasteiger partial charge in [-0.1, -0.05) is 340 Å². The number of hydrogen-bond donors (Lipinski definition) is 0. The zero-order chi connectivity index (χ0) is 95.0. The van der Waals surface area contributed by atoms with Gasteiger partial charge in [0.1, 0.15) is 21.6 Å². The number of aryl methyl sites for hydroxylation is 18. The van der Waals surface area contributed by atoms with Gasteiger partial charge in [-0.05, 0) is 242 Å². The van der Waals surface area contributed by atoms with E-state index in [1.165, 1.54) is 198 Å². The van der Waals surface area contributed by atoms with Gasteiger partial charge in [-0.15, -0.1) is 0 Å². The Bertz CT molecular complexity index is 6130. The number of hydrogen-bond acceptors (Lipinski definition) is 15. The van der Waals surface area contributed by atoms with E-state index >= 15 is 0 Å². The topological polar surface area (TPSA) is 148 Å². The Kier molecular flexibility index (Phi) is 27.5. The lowest BCUT2D eigenvalue weighted by molar-refractivity contribution is -0.00382. The lowest BCUT2D eigenvalue weighted by Crippen LogP contribution is -2.82. The smallest absolute Gasteiger partial charge is 0.376 e. The first kappa shape index (κ1) is 96.7. The average molecular weight is 1970 g/mol. The van der Waals surface area contributed by atoms with Gasteiger partial charge >= 0.3 is 71.9 Å². The fourth-order valence-corrected chi connectivity index (χ4v) is 72.4. The Balaban J connectivity index is 0.000000125. The highest BCUT2D eigenvalue weighted by Crippen LogP contribution is 2.76. The van der Waals surface area contributed by atoms with E-state index in [-0.39, 0.29) is 0 Å². The first-order chi connectivity index (χ1) is 63.6. The normalized spacial score (nSPS) is 23.1. The minimum absolute atomic E-state index is 1.17. The van der Waals surface area contributed by atoms with E-state index in [9.17, 15) is 0 Å². The van der Waals surface area contributed by atoms with Gasteiger partial charge in [0.05, 0.1) is 0 Å². The summed E-state index contributed by atoms with van der Waals surface area (Å²) in [6.07, 6.45) is 0. The van der Waals surface area contributed by atoms with Crippen molar-refractivity contribution in [1.82, 2.24) is 0 Å². The molecule has 8 bridgehead atoms. The molecule has 6 saturated heterocycles. The largest absolute Gasteiger partial charge is 0.475 e. The van der Waals surface area contributed by atoms with Crippen molar-refractivity contribution < 1.29 is 49.4 Å². The molecule has 6 fully saturated rings. The minimum Gasteiger partial charge on any atom is -0.376 e. The quantitative estimate of drug-likeness (QED) is 0.0769. The molecule has 688 valence electrons. The maximum Gasteiger partial charge on any atom is 0.475 e. The standard InChI is InChI=1S/C42H42N3P3.C27H24.C24H24.C9H12.C6H20O12Si8/c1-31-7-19-37(20-8-31)46(38-21-9-32(2)10-22-38)43-47(39-23-11-33(3)12-24-39,40-25-13-34(4)14-26-40)45-48(44-46,41-27-15-35(5)16-28-41)42-29-17-36(6)18-30-42;1-19-4-10-22(11-5-19)25-16-26(23-12-6-20(2)7-13-23)18-27(17-25)24-14-8-21(3)9-15-24;1-13-7-19-20(8-14(13)2)22-10-16(4)18(6)12-24(22)23-11-17(5)15(3)9-21(19)23;1-7-4-8(2)6-9(3)5-7;1-21-7-19-8-24(4)15-22(2,13-21)10-20-11-23(3,14-21)16-25(5,9-19)18-26(6,12-20)17-24/h7-30H,1-6H3;4-18H,1-3H3;7-12H,1-6H3;4-6H,1-3H3;19-20H,1-6H3. The molecule has 0 saturated carbocycles. The molecule has 7 heterocycles. The summed E-state index contributed by atoms with van der Waals surface area (Å²) in [4.78, 5) is 0. The van der Waals surface area contributed by atoms with Crippen molar-refractivity contribution in [3.8, 4) is 33.4 Å². The summed E-state index contributed by atoms with van der Waals surface area (Å²) in [6, 6.07) is 108. The van der Waals surface area contributed by atoms with Gasteiger partial charge in [0.2, 0.25) is 0 Å². The minimum atomic E-state index is -3.29. The van der Waals surface area contributed by atoms with Crippen molar-refractivity contribution in [2.24, 2.45) is 13.5 Å². The van der Waals surface area contributed by atoms with Crippen molar-refractivity contribution in [2.75, 3.05) is 0 Å². The van der Waals surface area contributed by atoms with Crippen molar-refractivity contribution in [2.45, 2.75) is 164 Å². The Hall–Kier alpha value is -8.97. The molecule has 0 aliphatic carbocycles. The van der Waals surface area contributed by atoms with Crippen LogP contribution < -0.4 is 31.8 Å². The maximum atomic E-state index is 6.26. The summed E-state index contributed by atoms with van der Waals surface area (Å²) >= 11 is 0. The van der Waals surface area contributed by atoms with E-state index in [0.29, 0.717) is 0 Å². The van der Waals surface area contributed by atoms with E-state index in [4.69, 9.17) is 62.9 Å². The van der Waals surface area contributed by atoms with E-state index in [0.717, 1.165) is 0 Å². The summed E-state index contributed by atoms with van der Waals surface area (Å²) in [6.45, 7) is 49.4. The molecule has 134 heavy (non-hydrogen) atoms. The summed E-state index contributed by atoms with van der Waals surface area (Å²) < 4.78 is 93.4. The van der Waals surface area contributed by atoms with Gasteiger partial charge in [-0.25, -0.2) is 13.5 Å². The van der Waals surface area contributed by atoms with Crippen LogP contribution in [0.4, 0.5) is 0 Å². The molecule has 0 unspecified atom stereocenters. The predicted octanol–water partition coefficient (Wildman–Crippen LogP) is 26.5. The molecule has 15 nitrogen and oxygen atoms in total. The predicted molar refractivity (Wildman–Crippen MR) is 575 cm³/mol. The van der Waals surface area contributed by atoms with Crippen LogP contribution in [0.3, 0.4) is 0 Å². The molecule has 15 aromatic rings. The summed E-state index contributed by atoms with van der Waals surface area (Å²) in [5.41, 5.74) is 31.0. The number of nitrogens with zero attached hydrogens (tertiary/aromatic N) is 3. The monoisotopic (exact) mass is 1970 g/mol. The van der Waals surface area contributed by atoms with E-state index < -0.39 is 93.5 Å². The highest BCUT2D eigenvalue weighted by atomic mass is 31.3. The second kappa shape index (κ2) is 38.1. The third kappa shape index (κ3) is 20.8. The second-order valence-corrected chi connectivity index (χ2v) is 68.6. The first-order valence-electron chi connectivity index (χ1n) is 46.0. The van der Waals surface area contributed by atoms with Crippen LogP contribution in [0, 0.1) is 125 Å². The van der Waals surface area contributed by atoms with E-state index in [1.54, 1.807) is 39.3 Å². The molecule has 7 aliphatic rings. The van der Waals surface area contributed by atoms with E-state index in [2.05, 4.69) is 416 Å². The van der Waals surface area contributed by atoms with Gasteiger partial charge < -0.3 is 49.4 Å². The molecular formula is C108H122N3O12P3Si8. The summed E-state index contributed by atoms with van der Waals surface area (Å²) in [5, 5.41) is 15.3. The van der Waals surface area contributed by atoms with Crippen LogP contribution in [-0.2, 0) is 49.4 Å². The molecule has 22 rings (SSSR count). The molecule has 0 N–H and O–H groups in total. The van der Waals surface area contributed by atoms with Crippen LogP contribution in [-0.4, -0.2) is 71.9 Å². The first-order valence-corrected chi connectivity index (χ1v) is 67.2. The van der Waals surface area contributed by atoms with Crippen LogP contribution in [0.5, 0.6) is 0 Å². The molecule has 0 atom stereocenters. The second-order valence-electron chi connectivity index (χ2n) is 37.7. The summed E-state index contributed by atoms with van der Waals surface area (Å²) in [7, 11) is -33.8. The third-order valence-corrected chi connectivity index (χ3v) is 70.5. The van der Waals surface area contributed by atoms with Gasteiger partial charge in [-0.2, -0.15) is 0 Å². The van der Waals surface area contributed by atoms with E-state index in [1.807, 2.05) is 0 Å². The average Bonchev–Trinajstić information content (AvgIpc) is 0.690. The number of fused-ring (bicyclic) bond motifs is 6. The lowest BCUT2D eigenvalue weighted by atomic mass is 9.88. The van der Waals surface area contributed by atoms with Crippen LogP contribution in [0.25, 0.3) is 65.7 Å². The van der Waals surface area contributed by atoms with Crippen LogP contribution in [0.2, 0.25) is 39.3 Å². The van der Waals surface area contributed by atoms with Gasteiger partial charge in [0, 0.05) is 71.1 Å². The van der Waals surface area contributed by atoms with Gasteiger partial charge in [-0.3, -0.25) is 0 Å². The van der Waals surface area contributed by atoms with Crippen LogP contribution in [0.15, 0.2) is 305 Å². The molecule has 0 amide bonds. The SMILES string of the molecule is C[Si]12O[SiH]3O[Si]4(C)O[Si](C)(O[SiH]5O[Si](C)(O1)O[Si](C)(O3)O[Si](C)(O5)O4)O2.Cc1cc(C)cc(C)c1.Cc1cc2c3cc(C)c(C)cc3c3cc(C)c(C)cc3c2cc1C.Cc1ccc(-c2cc(-c3ccc(C)cc3)cc(-c3ccc(C)cc3)c2)cc1.Cc1ccc(P2(c3ccc(C)cc3)=NP(c3ccc(C)cc3)(c3ccc(C)cc3)=NP(c3ccc(C)cc3)(c3ccc(C)cc3)=N2)cc1. The van der Waals surface area contributed by atoms with Crippen molar-refractivity contribution >= 4 is 158 Å². The lowest BCUT2D eigenvalue weighted by Gasteiger charge is -2.57. The Morgan fingerprint density at radius 2 is 0.313 bits per heavy atom. The molecular weight excluding hydrogens is 1850 g/mol. The maximum absolute atomic E-state index is 6.26. The number of benzene rings is 15. The van der Waals surface area contributed by atoms with Gasteiger partial charge in [0.15, 0.2) is 0 Å². The molecule has 26 heteroatoms. The molecule has 0 aromatic heterocycles. The molecule has 0 radical (unpaired) electrons. The fourth-order valence-electron chi connectivity index (χ4n) is 18.2. The van der Waals surface area contributed by atoms with Crippen LogP contribution >= 0.6 is 21.6 Å². The number of rotatable bonds is 9. The van der Waals surface area contributed by atoms with Crippen molar-refractivity contribution in [3.63, 3.8) is 0 Å². The Labute approximate surface area is 803 Å². The third-order valence-electron chi connectivity index (χ3n) is 25.5. The van der Waals surface area contributed by atoms with Crippen molar-refractivity contribution in [1.29, 1.82) is 0 Å². The zero-order valence-electron chi connectivity index (χ0n) is 81.4. The highest BCUT2D eigenvalue weighted by Gasteiger charge is 2.74.